The molecule has 14 heteroatoms. The molecule has 1 fully saturated rings. The number of ether oxygens (including phenoxy) is 2. The van der Waals surface area contributed by atoms with Gasteiger partial charge in [-0.25, -0.2) is 27.3 Å². The van der Waals surface area contributed by atoms with Crippen LogP contribution in [-0.4, -0.2) is 70.4 Å². The molecule has 1 aliphatic rings. The summed E-state index contributed by atoms with van der Waals surface area (Å²) in [7, 11) is -2.61. The molecule has 1 N–H and O–H groups in total. The van der Waals surface area contributed by atoms with Crippen LogP contribution >= 0.6 is 0 Å². The standard InChI is InChI=1S/C24H29FN6O6S/c1-5-19(32)29-38(34,35)16-6-7-17(18(25)12-16)22-20-21(28-30(22)4)23(27-13-26-20)37-15-8-10-31(11-9-15)24(33)36-14(2)3/h6-7,12-15H,5,8-11H2,1-4H3,(H,29,32). The minimum atomic E-state index is -4.21. The highest BCUT2D eigenvalue weighted by molar-refractivity contribution is 7.90. The molecule has 0 bridgehead atoms. The maximum Gasteiger partial charge on any atom is 0.410 e. The fourth-order valence-corrected chi connectivity index (χ4v) is 5.16. The fraction of sp³-hybridized carbons (Fsp3) is 0.458. The molecule has 2 amide bonds. The van der Waals surface area contributed by atoms with Crippen LogP contribution in [0, 0.1) is 5.82 Å². The Morgan fingerprint density at radius 3 is 2.53 bits per heavy atom. The largest absolute Gasteiger partial charge is 0.473 e. The maximum atomic E-state index is 15.2. The number of halogens is 1. The minimum absolute atomic E-state index is 0.0330. The first-order valence-corrected chi connectivity index (χ1v) is 13.6. The highest BCUT2D eigenvalue weighted by atomic mass is 32.2. The summed E-state index contributed by atoms with van der Waals surface area (Å²) in [6.45, 7) is 6.04. The van der Waals surface area contributed by atoms with Crippen molar-refractivity contribution in [3.05, 3.63) is 30.3 Å². The molecule has 4 rings (SSSR count). The molecule has 2 aromatic heterocycles. The summed E-state index contributed by atoms with van der Waals surface area (Å²) in [5.74, 6) is -1.30. The molecule has 0 saturated carbocycles. The Labute approximate surface area is 219 Å². The van der Waals surface area contributed by atoms with Crippen LogP contribution in [0.1, 0.15) is 40.0 Å². The summed E-state index contributed by atoms with van der Waals surface area (Å²) in [5, 5.41) is 4.43. The van der Waals surface area contributed by atoms with E-state index in [1.807, 2.05) is 4.72 Å². The number of carbonyl (C=O) groups is 2. The van der Waals surface area contributed by atoms with E-state index in [1.54, 1.807) is 25.8 Å². The lowest BCUT2D eigenvalue weighted by Crippen LogP contribution is -2.42. The van der Waals surface area contributed by atoms with Crippen LogP contribution in [0.15, 0.2) is 29.4 Å². The van der Waals surface area contributed by atoms with Gasteiger partial charge in [0.1, 0.15) is 23.8 Å². The Balaban J connectivity index is 1.57. The van der Waals surface area contributed by atoms with Crippen molar-refractivity contribution in [2.45, 2.75) is 57.1 Å². The number of benzene rings is 1. The number of rotatable bonds is 7. The number of aromatic nitrogens is 4. The molecule has 0 atom stereocenters. The van der Waals surface area contributed by atoms with Gasteiger partial charge in [-0.15, -0.1) is 0 Å². The van der Waals surface area contributed by atoms with E-state index in [0.717, 1.165) is 6.07 Å². The van der Waals surface area contributed by atoms with Gasteiger partial charge in [-0.3, -0.25) is 9.48 Å². The Kier molecular flexibility index (Phi) is 7.81. The van der Waals surface area contributed by atoms with Crippen LogP contribution in [-0.2, 0) is 26.6 Å². The van der Waals surface area contributed by atoms with Gasteiger partial charge in [-0.2, -0.15) is 10.1 Å². The number of nitrogens with one attached hydrogen (secondary N) is 1. The van der Waals surface area contributed by atoms with Crippen molar-refractivity contribution in [1.82, 2.24) is 29.4 Å². The van der Waals surface area contributed by atoms with Gasteiger partial charge >= 0.3 is 6.09 Å². The van der Waals surface area contributed by atoms with E-state index in [-0.39, 0.29) is 41.1 Å². The van der Waals surface area contributed by atoms with Crippen molar-refractivity contribution in [1.29, 1.82) is 0 Å². The summed E-state index contributed by atoms with van der Waals surface area (Å²) in [5.41, 5.74) is 1.01. The zero-order chi connectivity index (χ0) is 27.6. The highest BCUT2D eigenvalue weighted by Crippen LogP contribution is 2.33. The summed E-state index contributed by atoms with van der Waals surface area (Å²) in [6.07, 6.45) is 1.61. The smallest absolute Gasteiger partial charge is 0.410 e. The van der Waals surface area contributed by atoms with E-state index in [9.17, 15) is 18.0 Å². The molecule has 1 aromatic carbocycles. The molecule has 1 saturated heterocycles. The first kappa shape index (κ1) is 27.2. The normalized spacial score (nSPS) is 14.6. The quantitative estimate of drug-likeness (QED) is 0.471. The molecule has 12 nitrogen and oxygen atoms in total. The molecule has 3 heterocycles. The Hall–Kier alpha value is -3.81. The molecular formula is C24H29FN6O6S. The zero-order valence-electron chi connectivity index (χ0n) is 21.5. The van der Waals surface area contributed by atoms with Crippen LogP contribution in [0.25, 0.3) is 22.3 Å². The number of hydrogen-bond acceptors (Lipinski definition) is 9. The molecule has 0 unspecified atom stereocenters. The van der Waals surface area contributed by atoms with Gasteiger partial charge in [-0.05, 0) is 32.0 Å². The third kappa shape index (κ3) is 5.69. The van der Waals surface area contributed by atoms with Crippen LogP contribution in [0.5, 0.6) is 5.88 Å². The van der Waals surface area contributed by atoms with Crippen molar-refractivity contribution in [2.75, 3.05) is 13.1 Å². The number of amides is 2. The third-order valence-corrected chi connectivity index (χ3v) is 7.35. The summed E-state index contributed by atoms with van der Waals surface area (Å²) in [4.78, 5) is 33.4. The number of sulfonamides is 1. The van der Waals surface area contributed by atoms with Crippen LogP contribution in [0.2, 0.25) is 0 Å². The second-order valence-electron chi connectivity index (χ2n) is 9.11. The molecule has 204 valence electrons. The predicted molar refractivity (Wildman–Crippen MR) is 134 cm³/mol. The number of carbonyl (C=O) groups excluding carboxylic acids is 2. The van der Waals surface area contributed by atoms with Crippen LogP contribution in [0.4, 0.5) is 9.18 Å². The topological polar surface area (TPSA) is 146 Å². The highest BCUT2D eigenvalue weighted by Gasteiger charge is 2.28. The number of fused-ring (bicyclic) bond motifs is 1. The van der Waals surface area contributed by atoms with E-state index < -0.39 is 21.7 Å². The van der Waals surface area contributed by atoms with Gasteiger partial charge in [-0.1, -0.05) is 6.92 Å². The maximum absolute atomic E-state index is 15.2. The third-order valence-electron chi connectivity index (χ3n) is 5.98. The van der Waals surface area contributed by atoms with Gasteiger partial charge in [0.25, 0.3) is 10.0 Å². The van der Waals surface area contributed by atoms with Gasteiger partial charge in [0.05, 0.1) is 16.7 Å². The van der Waals surface area contributed by atoms with Crippen LogP contribution in [0.3, 0.4) is 0 Å². The lowest BCUT2D eigenvalue weighted by atomic mass is 10.1. The molecular weight excluding hydrogens is 519 g/mol. The first-order valence-electron chi connectivity index (χ1n) is 12.2. The van der Waals surface area contributed by atoms with Gasteiger partial charge in [0.15, 0.2) is 5.52 Å². The number of hydrogen-bond donors (Lipinski definition) is 1. The van der Waals surface area contributed by atoms with E-state index in [4.69, 9.17) is 9.47 Å². The predicted octanol–water partition coefficient (Wildman–Crippen LogP) is 2.77. The minimum Gasteiger partial charge on any atom is -0.473 e. The molecule has 38 heavy (non-hydrogen) atoms. The second kappa shape index (κ2) is 10.9. The first-order chi connectivity index (χ1) is 18.0. The van der Waals surface area contributed by atoms with E-state index >= 15 is 4.39 Å². The Morgan fingerprint density at radius 2 is 1.89 bits per heavy atom. The molecule has 0 spiro atoms. The summed E-state index contributed by atoms with van der Waals surface area (Å²) >= 11 is 0. The molecule has 0 radical (unpaired) electrons. The Bertz CT molecular complexity index is 1470. The monoisotopic (exact) mass is 548 g/mol. The van der Waals surface area contributed by atoms with Crippen LogP contribution < -0.4 is 9.46 Å². The summed E-state index contributed by atoms with van der Waals surface area (Å²) in [6, 6.07) is 3.35. The average molecular weight is 549 g/mol. The fourth-order valence-electron chi connectivity index (χ4n) is 4.09. The van der Waals surface area contributed by atoms with Crippen molar-refractivity contribution < 1.29 is 31.9 Å². The number of piperidine rings is 1. The van der Waals surface area contributed by atoms with E-state index in [2.05, 4.69) is 15.1 Å². The molecule has 3 aromatic rings. The van der Waals surface area contributed by atoms with Gasteiger partial charge < -0.3 is 14.4 Å². The lowest BCUT2D eigenvalue weighted by molar-refractivity contribution is -0.119. The Morgan fingerprint density at radius 1 is 1.18 bits per heavy atom. The average Bonchev–Trinajstić information content (AvgIpc) is 3.20. The number of aryl methyl sites for hydroxylation is 1. The number of likely N-dealkylation sites (tertiary alicyclic amines) is 1. The van der Waals surface area contributed by atoms with Gasteiger partial charge in [0.2, 0.25) is 11.8 Å². The van der Waals surface area contributed by atoms with Crippen molar-refractivity contribution in [3.63, 3.8) is 0 Å². The van der Waals surface area contributed by atoms with Gasteiger partial charge in [0, 0.05) is 45.0 Å². The second-order valence-corrected chi connectivity index (χ2v) is 10.8. The van der Waals surface area contributed by atoms with Crippen molar-refractivity contribution >= 4 is 33.1 Å². The van der Waals surface area contributed by atoms with E-state index in [0.29, 0.717) is 42.7 Å². The summed E-state index contributed by atoms with van der Waals surface area (Å²) < 4.78 is 54.6. The lowest BCUT2D eigenvalue weighted by Gasteiger charge is -2.31. The molecule has 0 aliphatic carbocycles. The zero-order valence-corrected chi connectivity index (χ0v) is 22.3. The SMILES string of the molecule is CCC(=O)NS(=O)(=O)c1ccc(-c2c3ncnc(OC4CCN(C(=O)OC(C)C)CC4)c3nn2C)c(F)c1. The molecule has 1 aliphatic heterocycles. The van der Waals surface area contributed by atoms with Crippen molar-refractivity contribution in [2.24, 2.45) is 7.05 Å². The number of nitrogens with zero attached hydrogens (tertiary/aromatic N) is 5. The van der Waals surface area contributed by atoms with Crippen molar-refractivity contribution in [3.8, 4) is 17.1 Å². The van der Waals surface area contributed by atoms with E-state index in [1.165, 1.54) is 30.1 Å².